The molecular weight excluding hydrogens is 402 g/mol. The van der Waals surface area contributed by atoms with Crippen molar-refractivity contribution >= 4 is 29.2 Å². The molecule has 2 heterocycles. The lowest BCUT2D eigenvalue weighted by molar-refractivity contribution is -0.149. The summed E-state index contributed by atoms with van der Waals surface area (Å²) in [5, 5.41) is 5.53. The quantitative estimate of drug-likeness (QED) is 0.581. The zero-order valence-electron chi connectivity index (χ0n) is 17.1. The van der Waals surface area contributed by atoms with Gasteiger partial charge in [0.25, 0.3) is 5.91 Å². The first-order valence-corrected chi connectivity index (χ1v) is 11.1. The molecule has 0 radical (unpaired) electrons. The molecule has 2 fully saturated rings. The Bertz CT molecular complexity index is 971. The van der Waals surface area contributed by atoms with Gasteiger partial charge in [0, 0.05) is 10.9 Å². The first-order chi connectivity index (χ1) is 14.4. The standard InChI is InChI=1S/C22H25N3O4S/c1-14-6-8-16(9-7-14)19-23-17(13-30-19)12-29-18(26)11-25-20(27)22(24-21(25)28)10-4-3-5-15(22)2/h6-9,13,15H,3-5,10-12H2,1-2H3,(H,24,28)/t15-,22-/m0/s1. The van der Waals surface area contributed by atoms with Crippen molar-refractivity contribution in [1.29, 1.82) is 0 Å². The van der Waals surface area contributed by atoms with E-state index in [2.05, 4.69) is 10.3 Å². The molecule has 0 unspecified atom stereocenters. The van der Waals surface area contributed by atoms with Gasteiger partial charge in [-0.1, -0.05) is 49.6 Å². The number of aryl methyl sites for hydroxylation is 1. The zero-order chi connectivity index (χ0) is 21.3. The highest BCUT2D eigenvalue weighted by atomic mass is 32.1. The second-order valence-corrected chi connectivity index (χ2v) is 8.97. The highest BCUT2D eigenvalue weighted by Crippen LogP contribution is 2.38. The molecular formula is C22H25N3O4S. The van der Waals surface area contributed by atoms with Crippen molar-refractivity contribution < 1.29 is 19.1 Å². The van der Waals surface area contributed by atoms with Gasteiger partial charge in [-0.3, -0.25) is 14.5 Å². The molecule has 8 heteroatoms. The number of ether oxygens (including phenoxy) is 1. The fourth-order valence-corrected chi connectivity index (χ4v) is 4.98. The van der Waals surface area contributed by atoms with Crippen LogP contribution in [0.2, 0.25) is 0 Å². The Balaban J connectivity index is 1.35. The third-order valence-corrected chi connectivity index (χ3v) is 6.96. The van der Waals surface area contributed by atoms with Crippen LogP contribution in [0.3, 0.4) is 0 Å². The molecule has 1 aromatic heterocycles. The number of esters is 1. The summed E-state index contributed by atoms with van der Waals surface area (Å²) in [6.45, 7) is 3.63. The molecule has 0 bridgehead atoms. The normalized spacial score (nSPS) is 23.7. The van der Waals surface area contributed by atoms with E-state index in [4.69, 9.17) is 4.74 Å². The Morgan fingerprint density at radius 3 is 2.80 bits per heavy atom. The third kappa shape index (κ3) is 3.84. The first kappa shape index (κ1) is 20.5. The van der Waals surface area contributed by atoms with Crippen LogP contribution in [-0.2, 0) is 20.9 Å². The van der Waals surface area contributed by atoms with Gasteiger partial charge in [-0.15, -0.1) is 11.3 Å². The van der Waals surface area contributed by atoms with Gasteiger partial charge in [0.05, 0.1) is 5.69 Å². The largest absolute Gasteiger partial charge is 0.458 e. The number of benzene rings is 1. The summed E-state index contributed by atoms with van der Waals surface area (Å²) in [6, 6.07) is 7.54. The molecule has 30 heavy (non-hydrogen) atoms. The van der Waals surface area contributed by atoms with E-state index in [0.29, 0.717) is 12.1 Å². The lowest BCUT2D eigenvalue weighted by Crippen LogP contribution is -2.54. The maximum atomic E-state index is 12.9. The van der Waals surface area contributed by atoms with E-state index in [1.807, 2.05) is 43.5 Å². The molecule has 158 valence electrons. The van der Waals surface area contributed by atoms with E-state index in [1.165, 1.54) is 16.9 Å². The van der Waals surface area contributed by atoms with E-state index in [0.717, 1.165) is 34.7 Å². The number of imide groups is 1. The summed E-state index contributed by atoms with van der Waals surface area (Å²) >= 11 is 1.48. The third-order valence-electron chi connectivity index (χ3n) is 6.02. The highest BCUT2D eigenvalue weighted by molar-refractivity contribution is 7.13. The summed E-state index contributed by atoms with van der Waals surface area (Å²) in [4.78, 5) is 43.1. The summed E-state index contributed by atoms with van der Waals surface area (Å²) in [6.07, 6.45) is 3.44. The van der Waals surface area contributed by atoms with Crippen LogP contribution in [0.4, 0.5) is 4.79 Å². The van der Waals surface area contributed by atoms with Crippen molar-refractivity contribution in [2.24, 2.45) is 5.92 Å². The summed E-state index contributed by atoms with van der Waals surface area (Å²) in [5.74, 6) is -0.880. The Labute approximate surface area is 179 Å². The fourth-order valence-electron chi connectivity index (χ4n) is 4.17. The predicted octanol–water partition coefficient (Wildman–Crippen LogP) is 3.66. The van der Waals surface area contributed by atoms with Gasteiger partial charge >= 0.3 is 12.0 Å². The average molecular weight is 428 g/mol. The van der Waals surface area contributed by atoms with Crippen molar-refractivity contribution in [2.45, 2.75) is 51.7 Å². The van der Waals surface area contributed by atoms with Crippen LogP contribution in [0, 0.1) is 12.8 Å². The number of nitrogens with one attached hydrogen (secondary N) is 1. The maximum Gasteiger partial charge on any atom is 0.326 e. The van der Waals surface area contributed by atoms with Crippen LogP contribution in [0.1, 0.15) is 43.9 Å². The molecule has 2 atom stereocenters. The summed E-state index contributed by atoms with van der Waals surface area (Å²) < 4.78 is 5.29. The first-order valence-electron chi connectivity index (χ1n) is 10.2. The molecule has 7 nitrogen and oxygen atoms in total. The SMILES string of the molecule is Cc1ccc(-c2nc(COC(=O)CN3C(=O)N[C@]4(CCCC[C@@H]4C)C3=O)cs2)cc1. The number of rotatable bonds is 5. The van der Waals surface area contributed by atoms with Gasteiger partial charge in [0.1, 0.15) is 23.7 Å². The lowest BCUT2D eigenvalue weighted by atomic mass is 9.73. The van der Waals surface area contributed by atoms with E-state index in [1.54, 1.807) is 0 Å². The molecule has 4 rings (SSSR count). The zero-order valence-corrected chi connectivity index (χ0v) is 18.0. The molecule has 1 aliphatic heterocycles. The van der Waals surface area contributed by atoms with E-state index in [-0.39, 0.29) is 25.0 Å². The number of hydrogen-bond acceptors (Lipinski definition) is 6. The number of carbonyl (C=O) groups is 3. The number of amides is 3. The van der Waals surface area contributed by atoms with Crippen LogP contribution < -0.4 is 5.32 Å². The second kappa shape index (κ2) is 8.18. The number of nitrogens with zero attached hydrogens (tertiary/aromatic N) is 2. The minimum atomic E-state index is -0.868. The van der Waals surface area contributed by atoms with Gasteiger partial charge in [0.15, 0.2) is 0 Å². The van der Waals surface area contributed by atoms with Crippen molar-refractivity contribution in [1.82, 2.24) is 15.2 Å². The minimum Gasteiger partial charge on any atom is -0.458 e. The monoisotopic (exact) mass is 427 g/mol. The number of aromatic nitrogens is 1. The highest BCUT2D eigenvalue weighted by Gasteiger charge is 2.55. The molecule has 1 aromatic carbocycles. The molecule has 3 amide bonds. The van der Waals surface area contributed by atoms with Gasteiger partial charge in [-0.2, -0.15) is 0 Å². The van der Waals surface area contributed by atoms with E-state index in [9.17, 15) is 14.4 Å². The summed E-state index contributed by atoms with van der Waals surface area (Å²) in [5.41, 5.74) is 1.95. The van der Waals surface area contributed by atoms with Crippen LogP contribution in [0.15, 0.2) is 29.6 Å². The Morgan fingerprint density at radius 2 is 2.07 bits per heavy atom. The molecule has 1 saturated heterocycles. The minimum absolute atomic E-state index is 0.00634. The Hall–Kier alpha value is -2.74. The van der Waals surface area contributed by atoms with Crippen LogP contribution in [0.5, 0.6) is 0 Å². The molecule has 1 saturated carbocycles. The average Bonchev–Trinajstić information content (AvgIpc) is 3.29. The van der Waals surface area contributed by atoms with Gasteiger partial charge in [-0.05, 0) is 25.7 Å². The molecule has 1 aliphatic carbocycles. The van der Waals surface area contributed by atoms with Crippen molar-refractivity contribution in [3.63, 3.8) is 0 Å². The van der Waals surface area contributed by atoms with Gasteiger partial charge in [0.2, 0.25) is 0 Å². The number of urea groups is 1. The fraction of sp³-hybridized carbons (Fsp3) is 0.455. The van der Waals surface area contributed by atoms with Crippen molar-refractivity contribution in [3.8, 4) is 10.6 Å². The topological polar surface area (TPSA) is 88.6 Å². The van der Waals surface area contributed by atoms with Crippen molar-refractivity contribution in [2.75, 3.05) is 6.54 Å². The van der Waals surface area contributed by atoms with Crippen molar-refractivity contribution in [3.05, 3.63) is 40.9 Å². The smallest absolute Gasteiger partial charge is 0.326 e. The van der Waals surface area contributed by atoms with Gasteiger partial charge in [-0.25, -0.2) is 9.78 Å². The predicted molar refractivity (Wildman–Crippen MR) is 113 cm³/mol. The molecule has 1 spiro atoms. The Kier molecular flexibility index (Phi) is 5.60. The number of carbonyl (C=O) groups excluding carboxylic acids is 3. The van der Waals surface area contributed by atoms with E-state index < -0.39 is 17.5 Å². The van der Waals surface area contributed by atoms with Gasteiger partial charge < -0.3 is 10.1 Å². The van der Waals surface area contributed by atoms with Crippen LogP contribution >= 0.6 is 11.3 Å². The van der Waals surface area contributed by atoms with E-state index >= 15 is 0 Å². The maximum absolute atomic E-state index is 12.9. The number of thiazole rings is 1. The lowest BCUT2D eigenvalue weighted by Gasteiger charge is -2.36. The van der Waals surface area contributed by atoms with Crippen LogP contribution in [0.25, 0.3) is 10.6 Å². The number of hydrogen-bond donors (Lipinski definition) is 1. The summed E-state index contributed by atoms with van der Waals surface area (Å²) in [7, 11) is 0. The second-order valence-electron chi connectivity index (χ2n) is 8.11. The van der Waals surface area contributed by atoms with Crippen LogP contribution in [-0.4, -0.2) is 39.9 Å². The Morgan fingerprint density at radius 1 is 1.30 bits per heavy atom. The molecule has 2 aliphatic rings. The molecule has 1 N–H and O–H groups in total. The molecule has 2 aromatic rings.